The van der Waals surface area contributed by atoms with Crippen LogP contribution < -0.4 is 0 Å². The lowest BCUT2D eigenvalue weighted by molar-refractivity contribution is -0.296. The van der Waals surface area contributed by atoms with Crippen molar-refractivity contribution in [1.29, 1.82) is 0 Å². The molecule has 1 aromatic rings. The van der Waals surface area contributed by atoms with Crippen molar-refractivity contribution in [2.24, 2.45) is 33.5 Å². The average molecular weight is 545 g/mol. The lowest BCUT2D eigenvalue weighted by Gasteiger charge is -2.71. The van der Waals surface area contributed by atoms with Crippen LogP contribution in [0.15, 0.2) is 23.0 Å². The van der Waals surface area contributed by atoms with Crippen LogP contribution in [0.2, 0.25) is 0 Å². The van der Waals surface area contributed by atoms with Crippen LogP contribution in [0.25, 0.3) is 0 Å². The monoisotopic (exact) mass is 544 g/mol. The Labute approximate surface area is 228 Å². The van der Waals surface area contributed by atoms with Crippen molar-refractivity contribution in [2.45, 2.75) is 110 Å². The molecule has 3 heterocycles. The lowest BCUT2D eigenvalue weighted by atomic mass is 9.34. The summed E-state index contributed by atoms with van der Waals surface area (Å²) < 4.78 is 29.8. The second-order valence-electron chi connectivity index (χ2n) is 13.8. The van der Waals surface area contributed by atoms with Crippen LogP contribution in [0.5, 0.6) is 0 Å². The minimum atomic E-state index is -0.953. The maximum atomic E-state index is 13.4. The van der Waals surface area contributed by atoms with E-state index >= 15 is 0 Å². The third-order valence-electron chi connectivity index (χ3n) is 11.9. The first-order valence-electron chi connectivity index (χ1n) is 14.1. The molecule has 2 aliphatic heterocycles. The summed E-state index contributed by atoms with van der Waals surface area (Å²) in [6.07, 6.45) is 2.17. The largest absolute Gasteiger partial charge is 0.472 e. The Morgan fingerprint density at radius 3 is 2.26 bits per heavy atom. The molecule has 0 amide bonds. The zero-order valence-corrected chi connectivity index (χ0v) is 23.8. The third-order valence-corrected chi connectivity index (χ3v) is 11.9. The van der Waals surface area contributed by atoms with Gasteiger partial charge in [-0.2, -0.15) is 0 Å². The van der Waals surface area contributed by atoms with E-state index in [1.165, 1.54) is 13.8 Å². The number of ether oxygens (including phenoxy) is 4. The van der Waals surface area contributed by atoms with Crippen LogP contribution in [0.1, 0.15) is 85.8 Å². The molecule has 0 radical (unpaired) electrons. The van der Waals surface area contributed by atoms with Crippen molar-refractivity contribution in [3.05, 3.63) is 24.2 Å². The summed E-state index contributed by atoms with van der Waals surface area (Å²) in [6, 6.07) is 1.82. The molecule has 39 heavy (non-hydrogen) atoms. The molecule has 1 N–H and O–H groups in total. The Morgan fingerprint density at radius 1 is 0.974 bits per heavy atom. The van der Waals surface area contributed by atoms with Crippen LogP contribution in [-0.4, -0.2) is 53.0 Å². The van der Waals surface area contributed by atoms with Crippen molar-refractivity contribution >= 4 is 17.9 Å². The molecule has 0 unspecified atom stereocenters. The van der Waals surface area contributed by atoms with Crippen LogP contribution in [0.4, 0.5) is 0 Å². The number of rotatable bonds is 3. The maximum absolute atomic E-state index is 13.4. The topological polar surface area (TPSA) is 125 Å². The standard InChI is InChI=1S/C30H40O9/c1-15(31)36-21-13-20(33)28(6)18-8-10-27(5)23(17-9-11-35-14-17)38-25(34)24-30(27,39-24)29(18,7)22(37-16(2)32)12-19(28)26(21,3)4/h9,11,14,18-24,33H,8,10,12-13H2,1-7H3/t18-,19+,20+,21-,22-,23+,24-,27+,28-,29+,30-/m1/s1. The van der Waals surface area contributed by atoms with Gasteiger partial charge in [-0.1, -0.05) is 34.6 Å². The Hall–Kier alpha value is -2.39. The molecule has 11 atom stereocenters. The highest BCUT2D eigenvalue weighted by atomic mass is 16.7. The van der Waals surface area contributed by atoms with Gasteiger partial charge in [0.15, 0.2) is 6.10 Å². The summed E-state index contributed by atoms with van der Waals surface area (Å²) in [4.78, 5) is 38.0. The lowest BCUT2D eigenvalue weighted by Crippen LogP contribution is -2.75. The maximum Gasteiger partial charge on any atom is 0.339 e. The molecule has 9 heteroatoms. The minimum absolute atomic E-state index is 0.126. The van der Waals surface area contributed by atoms with Crippen molar-refractivity contribution in [2.75, 3.05) is 0 Å². The first-order valence-corrected chi connectivity index (χ1v) is 14.1. The van der Waals surface area contributed by atoms with Gasteiger partial charge in [0.25, 0.3) is 0 Å². The van der Waals surface area contributed by atoms with E-state index in [0.29, 0.717) is 25.7 Å². The van der Waals surface area contributed by atoms with Crippen molar-refractivity contribution in [3.8, 4) is 0 Å². The van der Waals surface area contributed by atoms with Gasteiger partial charge in [0, 0.05) is 47.5 Å². The predicted molar refractivity (Wildman–Crippen MR) is 136 cm³/mol. The zero-order chi connectivity index (χ0) is 28.3. The average Bonchev–Trinajstić information content (AvgIpc) is 3.41. The highest BCUT2D eigenvalue weighted by Crippen LogP contribution is 2.80. The normalized spacial score (nSPS) is 49.3. The predicted octanol–water partition coefficient (Wildman–Crippen LogP) is 4.12. The van der Waals surface area contributed by atoms with Crippen molar-refractivity contribution in [3.63, 3.8) is 0 Å². The van der Waals surface area contributed by atoms with E-state index in [0.717, 1.165) is 5.56 Å². The van der Waals surface area contributed by atoms with E-state index in [2.05, 4.69) is 34.6 Å². The smallest absolute Gasteiger partial charge is 0.339 e. The molecule has 0 aromatic carbocycles. The number of esters is 3. The van der Waals surface area contributed by atoms with E-state index < -0.39 is 69.7 Å². The summed E-state index contributed by atoms with van der Waals surface area (Å²) in [5.74, 6) is -1.48. The molecule has 214 valence electrons. The minimum Gasteiger partial charge on any atom is -0.472 e. The van der Waals surface area contributed by atoms with Gasteiger partial charge in [0.05, 0.1) is 18.6 Å². The SMILES string of the molecule is CC(=O)O[C@@H]1C[C@H](O)[C@]2(C)[C@H]3CC[C@@]4(C)[C@H](c5ccoc5)OC(=O)[C@H]5O[C@]54[C@]3(C)[C@H](OC(C)=O)C[C@H]2C1(C)C. The molecule has 5 aliphatic rings. The first-order chi connectivity index (χ1) is 18.2. The van der Waals surface area contributed by atoms with E-state index in [9.17, 15) is 19.5 Å². The van der Waals surface area contributed by atoms with Gasteiger partial charge in [0.1, 0.15) is 23.9 Å². The number of carbonyl (C=O) groups excluding carboxylic acids is 3. The Bertz CT molecular complexity index is 1210. The zero-order valence-electron chi connectivity index (χ0n) is 23.8. The number of furan rings is 1. The van der Waals surface area contributed by atoms with E-state index in [-0.39, 0.29) is 17.8 Å². The van der Waals surface area contributed by atoms with Crippen LogP contribution in [0.3, 0.4) is 0 Å². The molecule has 0 bridgehead atoms. The molecule has 6 rings (SSSR count). The molecular weight excluding hydrogens is 504 g/mol. The van der Waals surface area contributed by atoms with Gasteiger partial charge in [0.2, 0.25) is 0 Å². The number of aliphatic hydroxyl groups excluding tert-OH is 1. The van der Waals surface area contributed by atoms with Gasteiger partial charge in [-0.25, -0.2) is 4.79 Å². The van der Waals surface area contributed by atoms with Crippen LogP contribution >= 0.6 is 0 Å². The molecule has 5 fully saturated rings. The number of fused-ring (bicyclic) bond motifs is 3. The molecule has 3 aliphatic carbocycles. The fourth-order valence-electron chi connectivity index (χ4n) is 10.2. The summed E-state index contributed by atoms with van der Waals surface area (Å²) >= 11 is 0. The molecule has 1 spiro atoms. The number of aliphatic hydroxyl groups is 1. The van der Waals surface area contributed by atoms with Gasteiger partial charge in [-0.3, -0.25) is 9.59 Å². The second-order valence-corrected chi connectivity index (χ2v) is 13.8. The number of hydrogen-bond acceptors (Lipinski definition) is 9. The van der Waals surface area contributed by atoms with Gasteiger partial charge >= 0.3 is 17.9 Å². The molecule has 2 saturated heterocycles. The fraction of sp³-hybridized carbons (Fsp3) is 0.767. The van der Waals surface area contributed by atoms with Gasteiger partial charge in [-0.05, 0) is 37.2 Å². The quantitative estimate of drug-likeness (QED) is 0.340. The Kier molecular flexibility index (Phi) is 5.56. The number of cyclic esters (lactones) is 1. The van der Waals surface area contributed by atoms with E-state index in [1.807, 2.05) is 6.07 Å². The molecule has 1 aromatic heterocycles. The Balaban J connectivity index is 1.51. The summed E-state index contributed by atoms with van der Waals surface area (Å²) in [7, 11) is 0. The number of epoxide rings is 1. The first kappa shape index (κ1) is 26.8. The van der Waals surface area contributed by atoms with E-state index in [4.69, 9.17) is 23.4 Å². The summed E-state index contributed by atoms with van der Waals surface area (Å²) in [5, 5.41) is 11.9. The van der Waals surface area contributed by atoms with Gasteiger partial charge < -0.3 is 28.5 Å². The summed E-state index contributed by atoms with van der Waals surface area (Å²) in [6.45, 7) is 13.3. The fourth-order valence-corrected chi connectivity index (χ4v) is 10.2. The van der Waals surface area contributed by atoms with Crippen molar-refractivity contribution < 1.29 is 42.9 Å². The molecule has 3 saturated carbocycles. The van der Waals surface area contributed by atoms with Gasteiger partial charge in [-0.15, -0.1) is 0 Å². The number of hydrogen-bond donors (Lipinski definition) is 1. The van der Waals surface area contributed by atoms with E-state index in [1.54, 1.807) is 12.5 Å². The Morgan fingerprint density at radius 2 is 1.64 bits per heavy atom. The number of carbonyl (C=O) groups is 3. The van der Waals surface area contributed by atoms with Crippen LogP contribution in [-0.2, 0) is 33.3 Å². The third kappa shape index (κ3) is 3.12. The molecular formula is C30H40O9. The highest BCUT2D eigenvalue weighted by molar-refractivity contribution is 5.82. The van der Waals surface area contributed by atoms with Crippen molar-refractivity contribution in [1.82, 2.24) is 0 Å². The summed E-state index contributed by atoms with van der Waals surface area (Å²) in [5.41, 5.74) is -2.69. The second kappa shape index (κ2) is 8.09. The van der Waals surface area contributed by atoms with Crippen LogP contribution in [0, 0.1) is 33.5 Å². The molecule has 9 nitrogen and oxygen atoms in total. The highest BCUT2D eigenvalue weighted by Gasteiger charge is 2.89.